The number of carbonyl (C=O) groups excluding carboxylic acids is 1. The number of nitrogens with zero attached hydrogens (tertiary/aromatic N) is 2. The number of aromatic nitrogens is 2. The van der Waals surface area contributed by atoms with Crippen LogP contribution in [0.15, 0.2) is 0 Å². The summed E-state index contributed by atoms with van der Waals surface area (Å²) in [6.45, 7) is 4.74. The molecule has 1 aromatic heterocycles. The molecule has 0 radical (unpaired) electrons. The zero-order chi connectivity index (χ0) is 13.8. The summed E-state index contributed by atoms with van der Waals surface area (Å²) in [6, 6.07) is 0.307. The van der Waals surface area contributed by atoms with E-state index in [9.17, 15) is 4.79 Å². The molecular weight excluding hydrogens is 262 g/mol. The van der Waals surface area contributed by atoms with Gasteiger partial charge in [-0.15, -0.1) is 0 Å². The van der Waals surface area contributed by atoms with Gasteiger partial charge < -0.3 is 5.32 Å². The van der Waals surface area contributed by atoms with Crippen molar-refractivity contribution in [3.8, 4) is 0 Å². The molecule has 0 saturated heterocycles. The Morgan fingerprint density at radius 1 is 1.47 bits per heavy atom. The van der Waals surface area contributed by atoms with Crippen molar-refractivity contribution in [2.75, 3.05) is 0 Å². The van der Waals surface area contributed by atoms with Crippen LogP contribution in [-0.2, 0) is 6.54 Å². The highest BCUT2D eigenvalue weighted by Crippen LogP contribution is 2.22. The molecule has 2 rings (SSSR count). The van der Waals surface area contributed by atoms with E-state index in [2.05, 4.69) is 17.3 Å². The lowest BCUT2D eigenvalue weighted by Gasteiger charge is -2.11. The molecule has 1 fully saturated rings. The number of aryl methyl sites for hydroxylation is 2. The predicted octanol–water partition coefficient (Wildman–Crippen LogP) is 3.32. The van der Waals surface area contributed by atoms with Gasteiger partial charge in [-0.05, 0) is 26.2 Å². The smallest absolute Gasteiger partial charge is 0.256 e. The maximum absolute atomic E-state index is 12.3. The van der Waals surface area contributed by atoms with E-state index in [1.807, 2.05) is 6.92 Å². The molecule has 1 heterocycles. The van der Waals surface area contributed by atoms with Crippen LogP contribution in [0.4, 0.5) is 0 Å². The fraction of sp³-hybridized carbons (Fsp3) is 0.714. The largest absolute Gasteiger partial charge is 0.349 e. The van der Waals surface area contributed by atoms with Gasteiger partial charge in [-0.2, -0.15) is 5.10 Å². The Morgan fingerprint density at radius 3 is 2.79 bits per heavy atom. The summed E-state index contributed by atoms with van der Waals surface area (Å²) in [6.07, 6.45) is 6.66. The minimum atomic E-state index is -0.0721. The summed E-state index contributed by atoms with van der Waals surface area (Å²) in [5.41, 5.74) is 1.27. The number of unbranched alkanes of at least 4 members (excludes halogenated alkanes) is 1. The lowest BCUT2D eigenvalue weighted by atomic mass is 10.2. The van der Waals surface area contributed by atoms with E-state index in [1.54, 1.807) is 4.68 Å². The van der Waals surface area contributed by atoms with Gasteiger partial charge in [0.1, 0.15) is 5.15 Å². The second kappa shape index (κ2) is 6.42. The molecule has 0 atom stereocenters. The van der Waals surface area contributed by atoms with Crippen molar-refractivity contribution >= 4 is 17.5 Å². The van der Waals surface area contributed by atoms with Crippen molar-refractivity contribution < 1.29 is 4.79 Å². The average Bonchev–Trinajstić information content (AvgIpc) is 2.95. The van der Waals surface area contributed by atoms with Crippen molar-refractivity contribution in [1.29, 1.82) is 0 Å². The molecule has 0 unspecified atom stereocenters. The minimum absolute atomic E-state index is 0.0721. The van der Waals surface area contributed by atoms with Crippen molar-refractivity contribution in [2.45, 2.75) is 65.0 Å². The van der Waals surface area contributed by atoms with Gasteiger partial charge in [0.05, 0.1) is 11.3 Å². The molecule has 19 heavy (non-hydrogen) atoms. The van der Waals surface area contributed by atoms with Crippen LogP contribution in [0.3, 0.4) is 0 Å². The molecule has 4 nitrogen and oxygen atoms in total. The maximum atomic E-state index is 12.3. The van der Waals surface area contributed by atoms with Gasteiger partial charge in [0.25, 0.3) is 5.91 Å². The highest BCUT2D eigenvalue weighted by atomic mass is 35.5. The number of hydrogen-bond acceptors (Lipinski definition) is 2. The van der Waals surface area contributed by atoms with Gasteiger partial charge in [-0.1, -0.05) is 37.8 Å². The van der Waals surface area contributed by atoms with Crippen LogP contribution in [0.2, 0.25) is 5.15 Å². The fourth-order valence-electron chi connectivity index (χ4n) is 2.60. The SMILES string of the molecule is CCCCn1nc(C)c(C(=O)NC2CCCC2)c1Cl. The van der Waals surface area contributed by atoms with Crippen LogP contribution in [0.25, 0.3) is 0 Å². The third-order valence-electron chi connectivity index (χ3n) is 3.71. The topological polar surface area (TPSA) is 46.9 Å². The Bertz CT molecular complexity index is 450. The normalized spacial score (nSPS) is 15.9. The van der Waals surface area contributed by atoms with Crippen LogP contribution in [0.5, 0.6) is 0 Å². The number of amides is 1. The fourth-order valence-corrected chi connectivity index (χ4v) is 2.94. The number of hydrogen-bond donors (Lipinski definition) is 1. The first-order valence-electron chi connectivity index (χ1n) is 7.17. The molecule has 5 heteroatoms. The first-order valence-corrected chi connectivity index (χ1v) is 7.55. The second-order valence-corrected chi connectivity index (χ2v) is 5.64. The molecule has 1 amide bonds. The molecule has 0 aliphatic heterocycles. The Hall–Kier alpha value is -1.03. The molecule has 1 saturated carbocycles. The van der Waals surface area contributed by atoms with E-state index < -0.39 is 0 Å². The zero-order valence-corrected chi connectivity index (χ0v) is 12.5. The molecule has 0 bridgehead atoms. The standard InChI is InChI=1S/C14H22ClN3O/c1-3-4-9-18-13(15)12(10(2)17-18)14(19)16-11-7-5-6-8-11/h11H,3-9H2,1-2H3,(H,16,19). The van der Waals surface area contributed by atoms with Crippen molar-refractivity contribution in [3.05, 3.63) is 16.4 Å². The lowest BCUT2D eigenvalue weighted by molar-refractivity contribution is 0.0937. The summed E-state index contributed by atoms with van der Waals surface area (Å²) in [5.74, 6) is -0.0721. The average molecular weight is 284 g/mol. The van der Waals surface area contributed by atoms with Gasteiger partial charge >= 0.3 is 0 Å². The van der Waals surface area contributed by atoms with Gasteiger partial charge in [0.15, 0.2) is 0 Å². The van der Waals surface area contributed by atoms with Gasteiger partial charge in [0.2, 0.25) is 0 Å². The molecule has 1 aliphatic carbocycles. The number of rotatable bonds is 5. The van der Waals surface area contributed by atoms with Crippen molar-refractivity contribution in [2.24, 2.45) is 0 Å². The van der Waals surface area contributed by atoms with E-state index in [-0.39, 0.29) is 5.91 Å². The van der Waals surface area contributed by atoms with E-state index in [0.717, 1.165) is 37.9 Å². The third kappa shape index (κ3) is 3.30. The first-order chi connectivity index (χ1) is 9.13. The molecule has 0 aromatic carbocycles. The summed E-state index contributed by atoms with van der Waals surface area (Å²) < 4.78 is 1.74. The minimum Gasteiger partial charge on any atom is -0.349 e. The lowest BCUT2D eigenvalue weighted by Crippen LogP contribution is -2.33. The monoisotopic (exact) mass is 283 g/mol. The van der Waals surface area contributed by atoms with Crippen LogP contribution < -0.4 is 5.32 Å². The van der Waals surface area contributed by atoms with E-state index >= 15 is 0 Å². The highest BCUT2D eigenvalue weighted by Gasteiger charge is 2.23. The predicted molar refractivity (Wildman–Crippen MR) is 76.6 cm³/mol. The summed E-state index contributed by atoms with van der Waals surface area (Å²) in [7, 11) is 0. The number of carbonyl (C=O) groups is 1. The number of nitrogens with one attached hydrogen (secondary N) is 1. The zero-order valence-electron chi connectivity index (χ0n) is 11.7. The molecule has 1 aromatic rings. The van der Waals surface area contributed by atoms with Crippen LogP contribution in [-0.4, -0.2) is 21.7 Å². The second-order valence-electron chi connectivity index (χ2n) is 5.28. The molecule has 1 aliphatic rings. The Morgan fingerprint density at radius 2 is 2.16 bits per heavy atom. The molecular formula is C14H22ClN3O. The van der Waals surface area contributed by atoms with Gasteiger partial charge in [-0.3, -0.25) is 9.48 Å². The van der Waals surface area contributed by atoms with E-state index in [4.69, 9.17) is 11.6 Å². The molecule has 106 valence electrons. The summed E-state index contributed by atoms with van der Waals surface area (Å²) >= 11 is 6.29. The van der Waals surface area contributed by atoms with Crippen LogP contribution in [0, 0.1) is 6.92 Å². The Labute approximate surface area is 119 Å². The van der Waals surface area contributed by atoms with Crippen LogP contribution in [0.1, 0.15) is 61.5 Å². The Balaban J connectivity index is 2.09. The van der Waals surface area contributed by atoms with Gasteiger partial charge in [0, 0.05) is 12.6 Å². The maximum Gasteiger partial charge on any atom is 0.256 e. The molecule has 1 N–H and O–H groups in total. The Kier molecular flexibility index (Phi) is 4.86. The highest BCUT2D eigenvalue weighted by molar-refractivity contribution is 6.33. The quantitative estimate of drug-likeness (QED) is 0.901. The van der Waals surface area contributed by atoms with E-state index in [0.29, 0.717) is 16.8 Å². The summed E-state index contributed by atoms with van der Waals surface area (Å²) in [4.78, 5) is 12.3. The van der Waals surface area contributed by atoms with Gasteiger partial charge in [-0.25, -0.2) is 0 Å². The molecule has 0 spiro atoms. The van der Waals surface area contributed by atoms with Crippen LogP contribution >= 0.6 is 11.6 Å². The summed E-state index contributed by atoms with van der Waals surface area (Å²) in [5, 5.41) is 7.91. The first kappa shape index (κ1) is 14.4. The van der Waals surface area contributed by atoms with E-state index in [1.165, 1.54) is 12.8 Å². The third-order valence-corrected chi connectivity index (χ3v) is 4.09. The van der Waals surface area contributed by atoms with Crippen molar-refractivity contribution in [1.82, 2.24) is 15.1 Å². The van der Waals surface area contributed by atoms with Crippen molar-refractivity contribution in [3.63, 3.8) is 0 Å². The number of halogens is 1.